The molecule has 1 aromatic carbocycles. The maximum absolute atomic E-state index is 12.7. The van der Waals surface area contributed by atoms with Crippen LogP contribution in [0.2, 0.25) is 0 Å². The summed E-state index contributed by atoms with van der Waals surface area (Å²) in [6.07, 6.45) is 1.69. The number of ether oxygens (including phenoxy) is 1. The predicted molar refractivity (Wildman–Crippen MR) is 92.9 cm³/mol. The van der Waals surface area contributed by atoms with Gasteiger partial charge in [-0.15, -0.1) is 0 Å². The number of nitrogens with zero attached hydrogens (tertiary/aromatic N) is 4. The minimum Gasteiger partial charge on any atom is -0.496 e. The third-order valence-corrected chi connectivity index (χ3v) is 4.33. The summed E-state index contributed by atoms with van der Waals surface area (Å²) in [7, 11) is 1.57. The fraction of sp³-hybridized carbons (Fsp3) is 0.278. The summed E-state index contributed by atoms with van der Waals surface area (Å²) in [5.74, 6) is 0.580. The first-order valence-corrected chi connectivity index (χ1v) is 8.15. The molecule has 3 heterocycles. The van der Waals surface area contributed by atoms with Gasteiger partial charge in [0.25, 0.3) is 11.9 Å². The van der Waals surface area contributed by atoms with Gasteiger partial charge in [-0.2, -0.15) is 4.98 Å². The van der Waals surface area contributed by atoms with Crippen molar-refractivity contribution in [3.8, 4) is 5.75 Å². The van der Waals surface area contributed by atoms with Crippen molar-refractivity contribution < 1.29 is 13.9 Å². The number of amides is 1. The molecule has 7 heteroatoms. The van der Waals surface area contributed by atoms with E-state index in [9.17, 15) is 4.79 Å². The number of rotatable bonds is 3. The number of carbonyl (C=O) groups is 1. The molecule has 0 radical (unpaired) electrons. The van der Waals surface area contributed by atoms with E-state index in [1.165, 1.54) is 0 Å². The average molecular weight is 338 g/mol. The third-order valence-electron chi connectivity index (χ3n) is 4.33. The van der Waals surface area contributed by atoms with Crippen molar-refractivity contribution in [3.05, 3.63) is 48.2 Å². The highest BCUT2D eigenvalue weighted by molar-refractivity contribution is 5.97. The zero-order valence-electron chi connectivity index (χ0n) is 13.9. The third kappa shape index (κ3) is 2.88. The van der Waals surface area contributed by atoms with Gasteiger partial charge in [0.2, 0.25) is 5.65 Å². The molecule has 7 nitrogen and oxygen atoms in total. The molecule has 128 valence electrons. The van der Waals surface area contributed by atoms with Gasteiger partial charge in [-0.3, -0.25) is 4.79 Å². The van der Waals surface area contributed by atoms with E-state index < -0.39 is 0 Å². The molecule has 1 amide bonds. The van der Waals surface area contributed by atoms with Crippen LogP contribution in [0.5, 0.6) is 5.75 Å². The van der Waals surface area contributed by atoms with Crippen molar-refractivity contribution >= 4 is 23.2 Å². The lowest BCUT2D eigenvalue weighted by Gasteiger charge is -2.34. The smallest absolute Gasteiger partial charge is 0.300 e. The van der Waals surface area contributed by atoms with Crippen LogP contribution >= 0.6 is 0 Å². The van der Waals surface area contributed by atoms with Gasteiger partial charge < -0.3 is 19.0 Å². The molecule has 0 unspecified atom stereocenters. The minimum absolute atomic E-state index is 0.0173. The number of methoxy groups -OCH3 is 1. The molecule has 4 rings (SSSR count). The highest BCUT2D eigenvalue weighted by atomic mass is 16.5. The minimum atomic E-state index is -0.0173. The lowest BCUT2D eigenvalue weighted by atomic mass is 10.1. The summed E-state index contributed by atoms with van der Waals surface area (Å²) in [4.78, 5) is 25.2. The first-order chi connectivity index (χ1) is 12.3. The van der Waals surface area contributed by atoms with Gasteiger partial charge >= 0.3 is 0 Å². The Labute approximate surface area is 144 Å². The summed E-state index contributed by atoms with van der Waals surface area (Å²) < 4.78 is 11.0. The van der Waals surface area contributed by atoms with Crippen LogP contribution in [0.15, 0.2) is 47.0 Å². The van der Waals surface area contributed by atoms with Crippen molar-refractivity contribution in [1.29, 1.82) is 0 Å². The summed E-state index contributed by atoms with van der Waals surface area (Å²) in [5, 5.41) is 0. The summed E-state index contributed by atoms with van der Waals surface area (Å²) >= 11 is 0. The van der Waals surface area contributed by atoms with Crippen molar-refractivity contribution in [2.45, 2.75) is 0 Å². The molecule has 25 heavy (non-hydrogen) atoms. The molecule has 0 spiro atoms. The topological polar surface area (TPSA) is 71.7 Å². The maximum atomic E-state index is 12.7. The number of carbonyl (C=O) groups excluding carboxylic acids is 1. The maximum Gasteiger partial charge on any atom is 0.300 e. The Morgan fingerprint density at radius 3 is 2.68 bits per heavy atom. The van der Waals surface area contributed by atoms with Crippen LogP contribution in [0, 0.1) is 0 Å². The van der Waals surface area contributed by atoms with Gasteiger partial charge in [0, 0.05) is 32.4 Å². The molecule has 1 aliphatic rings. The fourth-order valence-corrected chi connectivity index (χ4v) is 2.99. The molecule has 3 aromatic rings. The molecule has 0 N–H and O–H groups in total. The molecule has 0 aliphatic carbocycles. The average Bonchev–Trinajstić information content (AvgIpc) is 3.12. The van der Waals surface area contributed by atoms with E-state index in [-0.39, 0.29) is 5.91 Å². The van der Waals surface area contributed by atoms with E-state index >= 15 is 0 Å². The van der Waals surface area contributed by atoms with Gasteiger partial charge in [0.15, 0.2) is 5.58 Å². The number of para-hydroxylation sites is 1. The second-order valence-electron chi connectivity index (χ2n) is 5.80. The van der Waals surface area contributed by atoms with Crippen LogP contribution in [-0.2, 0) is 0 Å². The van der Waals surface area contributed by atoms with E-state index in [4.69, 9.17) is 9.15 Å². The zero-order chi connectivity index (χ0) is 17.2. The number of piperazine rings is 1. The van der Waals surface area contributed by atoms with Crippen molar-refractivity contribution in [2.75, 3.05) is 38.2 Å². The fourth-order valence-electron chi connectivity index (χ4n) is 2.99. The largest absolute Gasteiger partial charge is 0.496 e. The Bertz CT molecular complexity index is 867. The van der Waals surface area contributed by atoms with Crippen LogP contribution in [0.3, 0.4) is 0 Å². The second kappa shape index (κ2) is 6.43. The van der Waals surface area contributed by atoms with Crippen LogP contribution in [0.4, 0.5) is 6.01 Å². The molecule has 1 saturated heterocycles. The summed E-state index contributed by atoms with van der Waals surface area (Å²) in [5.41, 5.74) is 1.86. The highest BCUT2D eigenvalue weighted by Gasteiger charge is 2.26. The van der Waals surface area contributed by atoms with Gasteiger partial charge in [0.05, 0.1) is 12.7 Å². The molecule has 1 aliphatic heterocycles. The van der Waals surface area contributed by atoms with E-state index in [0.717, 1.165) is 0 Å². The molecule has 1 fully saturated rings. The standard InChI is InChI=1S/C18H18N4O3/c1-24-14-6-3-2-5-13(14)17(23)21-9-11-22(12-10-21)18-20-16-15(25-18)7-4-8-19-16/h2-8H,9-12H2,1H3. The number of oxazole rings is 1. The summed E-state index contributed by atoms with van der Waals surface area (Å²) in [6.45, 7) is 2.52. The predicted octanol–water partition coefficient (Wildman–Crippen LogP) is 2.19. The highest BCUT2D eigenvalue weighted by Crippen LogP contribution is 2.23. The monoisotopic (exact) mass is 338 g/mol. The number of hydrogen-bond acceptors (Lipinski definition) is 6. The van der Waals surface area contributed by atoms with Crippen LogP contribution in [0.25, 0.3) is 11.2 Å². The number of benzene rings is 1. The number of aromatic nitrogens is 2. The lowest BCUT2D eigenvalue weighted by molar-refractivity contribution is 0.0741. The zero-order valence-corrected chi connectivity index (χ0v) is 13.9. The Balaban J connectivity index is 1.46. The van der Waals surface area contributed by atoms with Gasteiger partial charge in [-0.25, -0.2) is 4.98 Å². The molecule has 2 aromatic heterocycles. The number of pyridine rings is 1. The van der Waals surface area contributed by atoms with E-state index in [0.29, 0.717) is 54.7 Å². The van der Waals surface area contributed by atoms with Crippen LogP contribution in [-0.4, -0.2) is 54.1 Å². The van der Waals surface area contributed by atoms with Crippen LogP contribution < -0.4 is 9.64 Å². The van der Waals surface area contributed by atoms with Gasteiger partial charge in [0.1, 0.15) is 5.75 Å². The van der Waals surface area contributed by atoms with E-state index in [2.05, 4.69) is 9.97 Å². The quantitative estimate of drug-likeness (QED) is 0.729. The van der Waals surface area contributed by atoms with Crippen LogP contribution in [0.1, 0.15) is 10.4 Å². The Morgan fingerprint density at radius 1 is 1.12 bits per heavy atom. The van der Waals surface area contributed by atoms with Crippen molar-refractivity contribution in [1.82, 2.24) is 14.9 Å². The molecular weight excluding hydrogens is 320 g/mol. The molecule has 0 saturated carbocycles. The Morgan fingerprint density at radius 2 is 1.92 bits per heavy atom. The SMILES string of the molecule is COc1ccccc1C(=O)N1CCN(c2nc3ncccc3o2)CC1. The molecule has 0 bridgehead atoms. The van der Waals surface area contributed by atoms with Gasteiger partial charge in [-0.05, 0) is 24.3 Å². The Kier molecular flexibility index (Phi) is 3.97. The number of anilines is 1. The lowest BCUT2D eigenvalue weighted by Crippen LogP contribution is -2.49. The van der Waals surface area contributed by atoms with Crippen molar-refractivity contribution in [3.63, 3.8) is 0 Å². The summed E-state index contributed by atoms with van der Waals surface area (Å²) in [6, 6.07) is 11.5. The van der Waals surface area contributed by atoms with E-state index in [1.807, 2.05) is 34.1 Å². The number of fused-ring (bicyclic) bond motifs is 1. The normalized spacial score (nSPS) is 14.8. The molecular formula is C18H18N4O3. The number of hydrogen-bond donors (Lipinski definition) is 0. The Hall–Kier alpha value is -3.09. The first kappa shape index (κ1) is 15.4. The first-order valence-electron chi connectivity index (χ1n) is 8.15. The second-order valence-corrected chi connectivity index (χ2v) is 5.80. The van der Waals surface area contributed by atoms with E-state index in [1.54, 1.807) is 25.4 Å². The molecule has 0 atom stereocenters. The van der Waals surface area contributed by atoms with Crippen molar-refractivity contribution in [2.24, 2.45) is 0 Å². The van der Waals surface area contributed by atoms with Gasteiger partial charge in [-0.1, -0.05) is 12.1 Å².